The zero-order chi connectivity index (χ0) is 16.4. The van der Waals surface area contributed by atoms with Crippen LogP contribution in [0.4, 0.5) is 4.39 Å². The van der Waals surface area contributed by atoms with Gasteiger partial charge in [-0.25, -0.2) is 4.39 Å². The van der Waals surface area contributed by atoms with E-state index in [2.05, 4.69) is 10.2 Å². The second-order valence-corrected chi connectivity index (χ2v) is 6.35. The molecule has 2 aliphatic rings. The van der Waals surface area contributed by atoms with Gasteiger partial charge in [0, 0.05) is 42.6 Å². The molecule has 23 heavy (non-hydrogen) atoms. The lowest BCUT2D eigenvalue weighted by Crippen LogP contribution is -2.45. The summed E-state index contributed by atoms with van der Waals surface area (Å²) in [5, 5.41) is 13.5. The van der Waals surface area contributed by atoms with Gasteiger partial charge in [0.05, 0.1) is 0 Å². The molecule has 6 nitrogen and oxygen atoms in total. The molecule has 1 N–H and O–H groups in total. The zero-order valence-corrected chi connectivity index (χ0v) is 12.8. The van der Waals surface area contributed by atoms with Crippen molar-refractivity contribution in [2.24, 2.45) is 5.92 Å². The minimum absolute atomic E-state index is 0.0624. The largest absolute Gasteiger partial charge is 0.353 e. The Kier molecular flexibility index (Phi) is 4.56. The van der Waals surface area contributed by atoms with Crippen molar-refractivity contribution in [3.8, 4) is 0 Å². The summed E-state index contributed by atoms with van der Waals surface area (Å²) in [6.07, 6.45) is 1.93. The van der Waals surface area contributed by atoms with E-state index in [0.717, 1.165) is 25.9 Å². The summed E-state index contributed by atoms with van der Waals surface area (Å²) in [6.45, 7) is 2.13. The molecule has 0 spiro atoms. The van der Waals surface area contributed by atoms with Gasteiger partial charge >= 0.3 is 0 Å². The van der Waals surface area contributed by atoms with Gasteiger partial charge in [-0.05, 0) is 18.9 Å². The van der Waals surface area contributed by atoms with E-state index in [4.69, 9.17) is 0 Å². The van der Waals surface area contributed by atoms with Crippen LogP contribution in [0.25, 0.3) is 0 Å². The Morgan fingerprint density at radius 3 is 2.65 bits per heavy atom. The Morgan fingerprint density at radius 1 is 1.35 bits per heavy atom. The Balaban J connectivity index is 1.43. The first kappa shape index (κ1) is 15.9. The fourth-order valence-corrected chi connectivity index (χ4v) is 3.11. The highest BCUT2D eigenvalue weighted by atomic mass is 19.1. The summed E-state index contributed by atoms with van der Waals surface area (Å²) < 4.78 is 13.7. The van der Waals surface area contributed by atoms with Crippen LogP contribution in [0.2, 0.25) is 0 Å². The number of likely N-dealkylation sites (tertiary alicyclic amines) is 1. The molecule has 1 saturated carbocycles. The van der Waals surface area contributed by atoms with Gasteiger partial charge in [-0.3, -0.25) is 19.8 Å². The van der Waals surface area contributed by atoms with Gasteiger partial charge in [0.2, 0.25) is 11.9 Å². The quantitative estimate of drug-likeness (QED) is 0.660. The maximum Gasteiger partial charge on any atom is 0.230 e. The fraction of sp³-hybridized carbons (Fsp3) is 0.562. The normalized spacial score (nSPS) is 25.1. The molecule has 1 aromatic rings. The monoisotopic (exact) mass is 321 g/mol. The van der Waals surface area contributed by atoms with Gasteiger partial charge < -0.3 is 5.32 Å². The van der Waals surface area contributed by atoms with Crippen molar-refractivity contribution in [3.63, 3.8) is 0 Å². The first-order chi connectivity index (χ1) is 11.0. The fourth-order valence-electron chi connectivity index (χ4n) is 3.11. The summed E-state index contributed by atoms with van der Waals surface area (Å²) in [6, 6.07) is 6.12. The number of carbonyl (C=O) groups excluding carboxylic acids is 1. The summed E-state index contributed by atoms with van der Waals surface area (Å²) in [7, 11) is 0. The van der Waals surface area contributed by atoms with Gasteiger partial charge in [-0.2, -0.15) is 0 Å². The van der Waals surface area contributed by atoms with Crippen LogP contribution in [0.5, 0.6) is 0 Å². The van der Waals surface area contributed by atoms with E-state index in [1.807, 2.05) is 6.07 Å². The van der Waals surface area contributed by atoms with Crippen molar-refractivity contribution < 1.29 is 14.1 Å². The molecule has 0 aromatic heterocycles. The first-order valence-electron chi connectivity index (χ1n) is 7.94. The van der Waals surface area contributed by atoms with Crippen LogP contribution in [0.15, 0.2) is 24.3 Å². The second-order valence-electron chi connectivity index (χ2n) is 6.35. The van der Waals surface area contributed by atoms with Crippen LogP contribution in [0, 0.1) is 21.8 Å². The van der Waals surface area contributed by atoms with Gasteiger partial charge in [0.1, 0.15) is 11.7 Å². The van der Waals surface area contributed by atoms with Crippen LogP contribution in [-0.4, -0.2) is 40.9 Å². The Hall–Kier alpha value is -2.02. The average molecular weight is 321 g/mol. The minimum Gasteiger partial charge on any atom is -0.353 e. The van der Waals surface area contributed by atoms with Crippen LogP contribution in [0.3, 0.4) is 0 Å². The van der Waals surface area contributed by atoms with E-state index in [-0.39, 0.29) is 22.7 Å². The number of hydrogen-bond donors (Lipinski definition) is 1. The molecule has 0 bridgehead atoms. The molecule has 1 aromatic carbocycles. The molecule has 0 radical (unpaired) electrons. The predicted octanol–water partition coefficient (Wildman–Crippen LogP) is 1.57. The third-order valence-corrected chi connectivity index (χ3v) is 4.65. The number of rotatable bonds is 5. The summed E-state index contributed by atoms with van der Waals surface area (Å²) in [4.78, 5) is 24.3. The van der Waals surface area contributed by atoms with Crippen LogP contribution < -0.4 is 5.32 Å². The first-order valence-corrected chi connectivity index (χ1v) is 7.94. The number of hydrogen-bond acceptors (Lipinski definition) is 4. The number of amides is 1. The maximum atomic E-state index is 13.7. The highest BCUT2D eigenvalue weighted by molar-refractivity contribution is 5.82. The second kappa shape index (κ2) is 6.62. The third kappa shape index (κ3) is 3.85. The standard InChI is InChI=1S/C16H20FN3O3/c17-14-4-2-1-3-11(14)10-19-7-5-12(6-8-19)18-16(21)13-9-15(13)20(22)23/h1-4,12-13,15H,5-10H2,(H,18,21). The highest BCUT2D eigenvalue weighted by Crippen LogP contribution is 2.33. The molecule has 1 aliphatic heterocycles. The van der Waals surface area contributed by atoms with Crippen molar-refractivity contribution >= 4 is 5.91 Å². The lowest BCUT2D eigenvalue weighted by Gasteiger charge is -2.32. The number of nitro groups is 1. The molecule has 1 amide bonds. The zero-order valence-electron chi connectivity index (χ0n) is 12.8. The predicted molar refractivity (Wildman–Crippen MR) is 81.7 cm³/mol. The number of nitrogens with one attached hydrogen (secondary N) is 1. The van der Waals surface area contributed by atoms with Gasteiger partial charge in [0.15, 0.2) is 0 Å². The molecule has 1 aliphatic carbocycles. The summed E-state index contributed by atoms with van der Waals surface area (Å²) >= 11 is 0. The molecular weight excluding hydrogens is 301 g/mol. The third-order valence-electron chi connectivity index (χ3n) is 4.65. The average Bonchev–Trinajstić information content (AvgIpc) is 3.32. The summed E-state index contributed by atoms with van der Waals surface area (Å²) in [5.74, 6) is -0.844. The van der Waals surface area contributed by atoms with Crippen molar-refractivity contribution in [2.45, 2.75) is 37.9 Å². The number of carbonyl (C=O) groups is 1. The number of nitrogens with zero attached hydrogens (tertiary/aromatic N) is 2. The number of benzene rings is 1. The van der Waals surface area contributed by atoms with Crippen LogP contribution in [0.1, 0.15) is 24.8 Å². The minimum atomic E-state index is -0.698. The highest BCUT2D eigenvalue weighted by Gasteiger charge is 2.53. The summed E-state index contributed by atoms with van der Waals surface area (Å²) in [5.41, 5.74) is 0.682. The lowest BCUT2D eigenvalue weighted by molar-refractivity contribution is -0.497. The van der Waals surface area contributed by atoms with Crippen molar-refractivity contribution in [1.29, 1.82) is 0 Å². The number of piperidine rings is 1. The van der Waals surface area contributed by atoms with E-state index < -0.39 is 12.0 Å². The Labute approximate surface area is 133 Å². The molecule has 7 heteroatoms. The molecule has 2 fully saturated rings. The molecule has 2 atom stereocenters. The van der Waals surface area contributed by atoms with Crippen molar-refractivity contribution in [1.82, 2.24) is 10.2 Å². The van der Waals surface area contributed by atoms with Gasteiger partial charge in [-0.1, -0.05) is 18.2 Å². The van der Waals surface area contributed by atoms with Crippen molar-refractivity contribution in [3.05, 3.63) is 45.8 Å². The Morgan fingerprint density at radius 2 is 2.04 bits per heavy atom. The van der Waals surface area contributed by atoms with E-state index in [1.165, 1.54) is 6.07 Å². The van der Waals surface area contributed by atoms with E-state index in [1.54, 1.807) is 12.1 Å². The van der Waals surface area contributed by atoms with Gasteiger partial charge in [-0.15, -0.1) is 0 Å². The molecule has 124 valence electrons. The van der Waals surface area contributed by atoms with Crippen LogP contribution in [-0.2, 0) is 11.3 Å². The van der Waals surface area contributed by atoms with E-state index >= 15 is 0 Å². The van der Waals surface area contributed by atoms with Gasteiger partial charge in [0.25, 0.3) is 0 Å². The molecule has 3 rings (SSSR count). The smallest absolute Gasteiger partial charge is 0.230 e. The van der Waals surface area contributed by atoms with Crippen molar-refractivity contribution in [2.75, 3.05) is 13.1 Å². The lowest BCUT2D eigenvalue weighted by atomic mass is 10.0. The Bertz CT molecular complexity index is 602. The van der Waals surface area contributed by atoms with Crippen LogP contribution >= 0.6 is 0 Å². The molecule has 1 saturated heterocycles. The molecule has 1 heterocycles. The van der Waals surface area contributed by atoms with E-state index in [0.29, 0.717) is 18.5 Å². The maximum absolute atomic E-state index is 13.7. The SMILES string of the molecule is O=C(NC1CCN(Cc2ccccc2F)CC1)C1CC1[N+](=O)[O-]. The molecule has 2 unspecified atom stereocenters. The topological polar surface area (TPSA) is 75.5 Å². The molecular formula is C16H20FN3O3. The number of halogens is 1. The van der Waals surface area contributed by atoms with E-state index in [9.17, 15) is 19.3 Å².